The molecule has 1 aromatic carbocycles. The molecular formula is C11H16N3O. The van der Waals surface area contributed by atoms with Gasteiger partial charge in [0.2, 0.25) is 0 Å². The molecule has 1 amide bonds. The molecule has 4 nitrogen and oxygen atoms in total. The Morgan fingerprint density at radius 3 is 2.00 bits per heavy atom. The zero-order chi connectivity index (χ0) is 11.6. The summed E-state index contributed by atoms with van der Waals surface area (Å²) >= 11 is 0. The first-order chi connectivity index (χ1) is 6.93. The minimum Gasteiger partial charge on any atom is -0.376 e. The number of nitrogens with zero attached hydrogens (tertiary/aromatic N) is 2. The van der Waals surface area contributed by atoms with E-state index in [2.05, 4.69) is 0 Å². The molecule has 1 N–H and O–H groups in total. The quantitative estimate of drug-likeness (QED) is 0.747. The number of carbonyl (C=O) groups excluding carboxylic acids is 1. The van der Waals surface area contributed by atoms with E-state index in [-0.39, 0.29) is 0 Å². The average molecular weight is 206 g/mol. The summed E-state index contributed by atoms with van der Waals surface area (Å²) in [5, 5.41) is 0. The summed E-state index contributed by atoms with van der Waals surface area (Å²) in [5.74, 6) is -0.650. The summed E-state index contributed by atoms with van der Waals surface area (Å²) in [6.07, 6.45) is 0. The zero-order valence-electron chi connectivity index (χ0n) is 9.53. The highest BCUT2D eigenvalue weighted by Crippen LogP contribution is 2.27. The first-order valence-corrected chi connectivity index (χ1v) is 4.68. The fourth-order valence-electron chi connectivity index (χ4n) is 1.40. The maximum Gasteiger partial charge on any atom is 0.269 e. The lowest BCUT2D eigenvalue weighted by Crippen LogP contribution is -2.17. The lowest BCUT2D eigenvalue weighted by Gasteiger charge is -2.22. The highest BCUT2D eigenvalue weighted by Gasteiger charge is 2.10. The van der Waals surface area contributed by atoms with E-state index in [9.17, 15) is 4.79 Å². The molecule has 0 unspecified atom stereocenters. The molecule has 0 aromatic heterocycles. The van der Waals surface area contributed by atoms with Crippen molar-refractivity contribution in [1.29, 1.82) is 0 Å². The number of carbonyl (C=O) groups is 1. The molecule has 0 heterocycles. The predicted molar refractivity (Wildman–Crippen MR) is 62.5 cm³/mol. The molecule has 0 saturated heterocycles. The second-order valence-corrected chi connectivity index (χ2v) is 3.82. The van der Waals surface area contributed by atoms with Gasteiger partial charge < -0.3 is 9.80 Å². The second-order valence-electron chi connectivity index (χ2n) is 3.82. The van der Waals surface area contributed by atoms with E-state index in [0.29, 0.717) is 5.56 Å². The number of benzene rings is 1. The molecule has 0 aliphatic rings. The zero-order valence-corrected chi connectivity index (χ0v) is 9.53. The molecule has 0 aliphatic heterocycles. The fourth-order valence-corrected chi connectivity index (χ4v) is 1.40. The number of hydrogen-bond donors (Lipinski definition) is 0. The van der Waals surface area contributed by atoms with Crippen molar-refractivity contribution in [2.45, 2.75) is 0 Å². The standard InChI is InChI=1S/C11H16N3O/c1-13(2)9-6-5-8(11(12)15)7-10(9)14(3)4/h5-7,12H,1-4H3. The van der Waals surface area contributed by atoms with Gasteiger partial charge in [0.05, 0.1) is 11.4 Å². The van der Waals surface area contributed by atoms with Crippen LogP contribution in [0.2, 0.25) is 0 Å². The molecule has 1 radical (unpaired) electrons. The number of anilines is 2. The topological polar surface area (TPSA) is 47.4 Å². The van der Waals surface area contributed by atoms with Crippen molar-refractivity contribution in [1.82, 2.24) is 5.73 Å². The molecule has 1 rings (SSSR count). The van der Waals surface area contributed by atoms with Crippen molar-refractivity contribution in [3.05, 3.63) is 23.8 Å². The van der Waals surface area contributed by atoms with Crippen molar-refractivity contribution >= 4 is 17.3 Å². The van der Waals surface area contributed by atoms with Crippen molar-refractivity contribution in [2.24, 2.45) is 0 Å². The number of amides is 1. The van der Waals surface area contributed by atoms with Gasteiger partial charge in [-0.3, -0.25) is 10.5 Å². The molecular weight excluding hydrogens is 190 g/mol. The summed E-state index contributed by atoms with van der Waals surface area (Å²) < 4.78 is 0. The minimum atomic E-state index is -0.650. The molecule has 0 aliphatic carbocycles. The van der Waals surface area contributed by atoms with Crippen LogP contribution in [0.3, 0.4) is 0 Å². The van der Waals surface area contributed by atoms with Gasteiger partial charge in [0.25, 0.3) is 5.91 Å². The van der Waals surface area contributed by atoms with E-state index in [4.69, 9.17) is 5.73 Å². The second kappa shape index (κ2) is 4.21. The number of hydrogen-bond acceptors (Lipinski definition) is 3. The van der Waals surface area contributed by atoms with E-state index in [1.165, 1.54) is 0 Å². The first-order valence-electron chi connectivity index (χ1n) is 4.68. The lowest BCUT2D eigenvalue weighted by molar-refractivity contribution is 0.0992. The van der Waals surface area contributed by atoms with Crippen molar-refractivity contribution in [3.8, 4) is 0 Å². The smallest absolute Gasteiger partial charge is 0.269 e. The third kappa shape index (κ3) is 2.40. The molecule has 1 aromatic rings. The van der Waals surface area contributed by atoms with Crippen LogP contribution in [0.1, 0.15) is 10.4 Å². The molecule has 0 atom stereocenters. The highest BCUT2D eigenvalue weighted by molar-refractivity contribution is 5.94. The van der Waals surface area contributed by atoms with E-state index >= 15 is 0 Å². The Bertz CT molecular complexity index is 372. The first kappa shape index (κ1) is 11.4. The van der Waals surface area contributed by atoms with Crippen LogP contribution in [0, 0.1) is 0 Å². The normalized spacial score (nSPS) is 9.87. The number of rotatable bonds is 3. The van der Waals surface area contributed by atoms with E-state index in [0.717, 1.165) is 11.4 Å². The average Bonchev–Trinajstić information content (AvgIpc) is 2.16. The predicted octanol–water partition coefficient (Wildman–Crippen LogP) is 1.24. The molecule has 0 spiro atoms. The highest BCUT2D eigenvalue weighted by atomic mass is 16.1. The van der Waals surface area contributed by atoms with E-state index in [1.807, 2.05) is 44.1 Å². The summed E-state index contributed by atoms with van der Waals surface area (Å²) in [5.41, 5.74) is 9.46. The molecule has 0 fully saturated rings. The van der Waals surface area contributed by atoms with Gasteiger partial charge in [-0.2, -0.15) is 0 Å². The van der Waals surface area contributed by atoms with Gasteiger partial charge >= 0.3 is 0 Å². The Morgan fingerprint density at radius 2 is 1.60 bits per heavy atom. The van der Waals surface area contributed by atoms with Gasteiger partial charge in [0.15, 0.2) is 0 Å². The van der Waals surface area contributed by atoms with E-state index in [1.54, 1.807) is 12.1 Å². The Hall–Kier alpha value is -1.71. The molecule has 0 saturated carbocycles. The Balaban J connectivity index is 3.27. The molecule has 81 valence electrons. The van der Waals surface area contributed by atoms with Crippen LogP contribution >= 0.6 is 0 Å². The summed E-state index contributed by atoms with van der Waals surface area (Å²) in [6, 6.07) is 5.28. The monoisotopic (exact) mass is 206 g/mol. The van der Waals surface area contributed by atoms with Crippen molar-refractivity contribution in [3.63, 3.8) is 0 Å². The van der Waals surface area contributed by atoms with Crippen LogP contribution in [-0.2, 0) is 0 Å². The maximum absolute atomic E-state index is 10.9. The summed E-state index contributed by atoms with van der Waals surface area (Å²) in [7, 11) is 7.73. The van der Waals surface area contributed by atoms with Gasteiger partial charge in [0, 0.05) is 33.8 Å². The third-order valence-corrected chi connectivity index (χ3v) is 2.20. The van der Waals surface area contributed by atoms with Gasteiger partial charge in [0.1, 0.15) is 0 Å². The summed E-state index contributed by atoms with van der Waals surface area (Å²) in [6.45, 7) is 0. The maximum atomic E-state index is 10.9. The van der Waals surface area contributed by atoms with Crippen molar-refractivity contribution < 1.29 is 4.79 Å². The fraction of sp³-hybridized carbons (Fsp3) is 0.364. The van der Waals surface area contributed by atoms with Crippen molar-refractivity contribution in [2.75, 3.05) is 38.0 Å². The van der Waals surface area contributed by atoms with Crippen LogP contribution in [0.25, 0.3) is 0 Å². The molecule has 15 heavy (non-hydrogen) atoms. The Morgan fingerprint density at radius 1 is 1.07 bits per heavy atom. The third-order valence-electron chi connectivity index (χ3n) is 2.20. The SMILES string of the molecule is CN(C)c1ccc(C([NH])=O)cc1N(C)C. The van der Waals surface area contributed by atoms with Crippen LogP contribution in [0.5, 0.6) is 0 Å². The van der Waals surface area contributed by atoms with Crippen LogP contribution < -0.4 is 15.5 Å². The van der Waals surface area contributed by atoms with Gasteiger partial charge in [-0.1, -0.05) is 0 Å². The van der Waals surface area contributed by atoms with E-state index < -0.39 is 5.91 Å². The Kier molecular flexibility index (Phi) is 3.19. The van der Waals surface area contributed by atoms with Crippen LogP contribution in [0.4, 0.5) is 11.4 Å². The minimum absolute atomic E-state index is 0.421. The van der Waals surface area contributed by atoms with Crippen LogP contribution in [0.15, 0.2) is 18.2 Å². The van der Waals surface area contributed by atoms with Gasteiger partial charge in [-0.05, 0) is 18.2 Å². The Labute approximate surface area is 90.3 Å². The number of nitrogens with one attached hydrogen (secondary N) is 1. The van der Waals surface area contributed by atoms with Gasteiger partial charge in [-0.15, -0.1) is 0 Å². The van der Waals surface area contributed by atoms with Crippen LogP contribution in [-0.4, -0.2) is 34.1 Å². The largest absolute Gasteiger partial charge is 0.376 e. The van der Waals surface area contributed by atoms with Gasteiger partial charge in [-0.25, -0.2) is 0 Å². The molecule has 4 heteroatoms. The lowest BCUT2D eigenvalue weighted by atomic mass is 10.1. The molecule has 0 bridgehead atoms. The summed E-state index contributed by atoms with van der Waals surface area (Å²) in [4.78, 5) is 14.8.